The van der Waals surface area contributed by atoms with Gasteiger partial charge in [-0.15, -0.1) is 0 Å². The van der Waals surface area contributed by atoms with Gasteiger partial charge in [0.25, 0.3) is 0 Å². The van der Waals surface area contributed by atoms with Crippen LogP contribution in [-0.4, -0.2) is 22.7 Å². The first-order chi connectivity index (χ1) is 7.31. The summed E-state index contributed by atoms with van der Waals surface area (Å²) in [5.74, 6) is 4.52. The summed E-state index contributed by atoms with van der Waals surface area (Å²) in [4.78, 5) is 10.8. The Bertz CT molecular complexity index is 560. The largest absolute Gasteiger partial charge is 0.459 e. The van der Waals surface area contributed by atoms with Gasteiger partial charge in [0, 0.05) is 12.1 Å². The first-order valence-corrected chi connectivity index (χ1v) is 4.33. The summed E-state index contributed by atoms with van der Waals surface area (Å²) >= 11 is 0. The zero-order chi connectivity index (χ0) is 10.7. The summed E-state index contributed by atoms with van der Waals surface area (Å²) in [6.45, 7) is 0. The van der Waals surface area contributed by atoms with Crippen molar-refractivity contribution in [3.05, 3.63) is 36.2 Å². The van der Waals surface area contributed by atoms with Crippen LogP contribution in [0.15, 0.2) is 30.6 Å². The Balaban J connectivity index is 2.43. The SMILES string of the molecule is COC(=O)C#Cc1cnn2ccccc12. The summed E-state index contributed by atoms with van der Waals surface area (Å²) in [5, 5.41) is 4.08. The predicted molar refractivity (Wildman–Crippen MR) is 54.1 cm³/mol. The maximum Gasteiger partial charge on any atom is 0.384 e. The highest BCUT2D eigenvalue weighted by atomic mass is 16.5. The Labute approximate surface area is 86.5 Å². The average molecular weight is 200 g/mol. The molecular formula is C11H8N2O2. The molecule has 74 valence electrons. The van der Waals surface area contributed by atoms with Gasteiger partial charge in [-0.05, 0) is 12.1 Å². The van der Waals surface area contributed by atoms with Crippen molar-refractivity contribution >= 4 is 11.5 Å². The van der Waals surface area contributed by atoms with Crippen LogP contribution in [0.3, 0.4) is 0 Å². The van der Waals surface area contributed by atoms with E-state index in [2.05, 4.69) is 21.7 Å². The molecule has 0 N–H and O–H groups in total. The maximum atomic E-state index is 10.8. The third kappa shape index (κ3) is 1.81. The molecular weight excluding hydrogens is 192 g/mol. The molecule has 2 aromatic rings. The Morgan fingerprint density at radius 2 is 2.40 bits per heavy atom. The molecule has 0 amide bonds. The molecule has 4 heteroatoms. The molecule has 0 saturated carbocycles. The van der Waals surface area contributed by atoms with Gasteiger partial charge in [-0.2, -0.15) is 5.10 Å². The number of hydrogen-bond acceptors (Lipinski definition) is 3. The van der Waals surface area contributed by atoms with Crippen LogP contribution in [0.2, 0.25) is 0 Å². The van der Waals surface area contributed by atoms with E-state index in [-0.39, 0.29) is 0 Å². The van der Waals surface area contributed by atoms with Gasteiger partial charge in [0.05, 0.1) is 24.4 Å². The predicted octanol–water partition coefficient (Wildman–Crippen LogP) is 0.859. The van der Waals surface area contributed by atoms with Crippen LogP contribution in [0.1, 0.15) is 5.56 Å². The third-order valence-electron chi connectivity index (χ3n) is 1.91. The van der Waals surface area contributed by atoms with E-state index >= 15 is 0 Å². The molecule has 0 atom stereocenters. The van der Waals surface area contributed by atoms with E-state index in [1.165, 1.54) is 7.11 Å². The van der Waals surface area contributed by atoms with Crippen LogP contribution in [0, 0.1) is 11.8 Å². The minimum atomic E-state index is -0.551. The molecule has 0 unspecified atom stereocenters. The number of methoxy groups -OCH3 is 1. The first-order valence-electron chi connectivity index (χ1n) is 4.33. The molecule has 0 aliphatic carbocycles. The van der Waals surface area contributed by atoms with Gasteiger partial charge in [-0.25, -0.2) is 9.31 Å². The number of fused-ring (bicyclic) bond motifs is 1. The summed E-state index contributed by atoms with van der Waals surface area (Å²) in [6.07, 6.45) is 3.43. The Hall–Kier alpha value is -2.28. The van der Waals surface area contributed by atoms with Crippen molar-refractivity contribution < 1.29 is 9.53 Å². The van der Waals surface area contributed by atoms with Crippen molar-refractivity contribution in [1.29, 1.82) is 0 Å². The average Bonchev–Trinajstić information content (AvgIpc) is 2.69. The highest BCUT2D eigenvalue weighted by Crippen LogP contribution is 2.07. The van der Waals surface area contributed by atoms with Crippen molar-refractivity contribution in [3.8, 4) is 11.8 Å². The molecule has 0 bridgehead atoms. The fraction of sp³-hybridized carbons (Fsp3) is 0.0909. The van der Waals surface area contributed by atoms with Crippen LogP contribution in [0.25, 0.3) is 5.52 Å². The highest BCUT2D eigenvalue weighted by molar-refractivity contribution is 5.89. The van der Waals surface area contributed by atoms with E-state index in [1.54, 1.807) is 10.7 Å². The van der Waals surface area contributed by atoms with Gasteiger partial charge in [-0.3, -0.25) is 0 Å². The number of hydrogen-bond donors (Lipinski definition) is 0. The molecule has 0 aromatic carbocycles. The zero-order valence-electron chi connectivity index (χ0n) is 8.10. The van der Waals surface area contributed by atoms with Gasteiger partial charge in [0.2, 0.25) is 0 Å². The molecule has 0 fully saturated rings. The standard InChI is InChI=1S/C11H8N2O2/c1-15-11(14)6-5-9-8-12-13-7-3-2-4-10(9)13/h2-4,7-8H,1H3. The third-order valence-corrected chi connectivity index (χ3v) is 1.91. The summed E-state index contributed by atoms with van der Waals surface area (Å²) in [7, 11) is 1.30. The minimum absolute atomic E-state index is 0.551. The molecule has 0 spiro atoms. The molecule has 0 radical (unpaired) electrons. The number of aromatic nitrogens is 2. The van der Waals surface area contributed by atoms with E-state index < -0.39 is 5.97 Å². The smallest absolute Gasteiger partial charge is 0.384 e. The fourth-order valence-corrected chi connectivity index (χ4v) is 1.20. The molecule has 15 heavy (non-hydrogen) atoms. The second-order valence-corrected chi connectivity index (χ2v) is 2.83. The summed E-state index contributed by atoms with van der Waals surface area (Å²) in [6, 6.07) is 5.64. The molecule has 0 aliphatic rings. The van der Waals surface area contributed by atoms with Crippen molar-refractivity contribution in [1.82, 2.24) is 9.61 Å². The Morgan fingerprint density at radius 3 is 3.20 bits per heavy atom. The van der Waals surface area contributed by atoms with Crippen LogP contribution < -0.4 is 0 Å². The van der Waals surface area contributed by atoms with Gasteiger partial charge in [0.15, 0.2) is 0 Å². The lowest BCUT2D eigenvalue weighted by Gasteiger charge is -1.90. The van der Waals surface area contributed by atoms with Gasteiger partial charge < -0.3 is 4.74 Å². The normalized spacial score (nSPS) is 9.40. The number of esters is 1. The molecule has 0 aliphatic heterocycles. The van der Waals surface area contributed by atoms with Crippen molar-refractivity contribution in [3.63, 3.8) is 0 Å². The molecule has 2 heterocycles. The van der Waals surface area contributed by atoms with Crippen LogP contribution >= 0.6 is 0 Å². The Morgan fingerprint density at radius 1 is 1.53 bits per heavy atom. The number of pyridine rings is 1. The number of carbonyl (C=O) groups is 1. The maximum absolute atomic E-state index is 10.8. The topological polar surface area (TPSA) is 43.6 Å². The minimum Gasteiger partial charge on any atom is -0.459 e. The second kappa shape index (κ2) is 3.84. The molecule has 4 nitrogen and oxygen atoms in total. The molecule has 2 aromatic heterocycles. The number of rotatable bonds is 0. The van der Waals surface area contributed by atoms with Crippen molar-refractivity contribution in [2.45, 2.75) is 0 Å². The van der Waals surface area contributed by atoms with E-state index in [9.17, 15) is 4.79 Å². The Kier molecular flexibility index (Phi) is 2.38. The molecule has 0 saturated heterocycles. The monoisotopic (exact) mass is 200 g/mol. The second-order valence-electron chi connectivity index (χ2n) is 2.83. The van der Waals surface area contributed by atoms with E-state index in [4.69, 9.17) is 0 Å². The van der Waals surface area contributed by atoms with Gasteiger partial charge in [-0.1, -0.05) is 12.0 Å². The lowest BCUT2D eigenvalue weighted by molar-refractivity contribution is -0.133. The van der Waals surface area contributed by atoms with Crippen LogP contribution in [-0.2, 0) is 9.53 Å². The number of ether oxygens (including phenoxy) is 1. The highest BCUT2D eigenvalue weighted by Gasteiger charge is 1.99. The number of carbonyl (C=O) groups excluding carboxylic acids is 1. The van der Waals surface area contributed by atoms with Gasteiger partial charge >= 0.3 is 5.97 Å². The van der Waals surface area contributed by atoms with Gasteiger partial charge in [0.1, 0.15) is 0 Å². The summed E-state index contributed by atoms with van der Waals surface area (Å²) < 4.78 is 6.12. The molecule has 2 rings (SSSR count). The van der Waals surface area contributed by atoms with Crippen molar-refractivity contribution in [2.24, 2.45) is 0 Å². The lowest BCUT2D eigenvalue weighted by atomic mass is 10.2. The van der Waals surface area contributed by atoms with Crippen LogP contribution in [0.5, 0.6) is 0 Å². The fourth-order valence-electron chi connectivity index (χ4n) is 1.20. The lowest BCUT2D eigenvalue weighted by Crippen LogP contribution is -1.94. The van der Waals surface area contributed by atoms with Crippen molar-refractivity contribution in [2.75, 3.05) is 7.11 Å². The van der Waals surface area contributed by atoms with Crippen LogP contribution in [0.4, 0.5) is 0 Å². The summed E-state index contributed by atoms with van der Waals surface area (Å²) in [5.41, 5.74) is 1.58. The zero-order valence-corrected chi connectivity index (χ0v) is 8.10. The van der Waals surface area contributed by atoms with E-state index in [0.717, 1.165) is 5.52 Å². The first kappa shape index (κ1) is 9.28. The van der Waals surface area contributed by atoms with E-state index in [0.29, 0.717) is 5.56 Å². The quantitative estimate of drug-likeness (QED) is 0.468. The van der Waals surface area contributed by atoms with E-state index in [1.807, 2.05) is 24.4 Å². The number of nitrogens with zero attached hydrogens (tertiary/aromatic N) is 2.